The van der Waals surface area contributed by atoms with Crippen molar-refractivity contribution in [3.63, 3.8) is 0 Å². The molecule has 2 nitrogen and oxygen atoms in total. The summed E-state index contributed by atoms with van der Waals surface area (Å²) in [4.78, 5) is 0. The van der Waals surface area contributed by atoms with E-state index in [1.54, 1.807) is 0 Å². The maximum Gasteiger partial charge on any atom is 0.0671 e. The molecule has 0 aliphatic heterocycles. The maximum absolute atomic E-state index is 5.66. The Bertz CT molecular complexity index is 106. The van der Waals surface area contributed by atoms with E-state index in [1.165, 1.54) is 32.1 Å². The number of hydrogen-bond acceptors (Lipinski definition) is 2. The van der Waals surface area contributed by atoms with Gasteiger partial charge in [0.2, 0.25) is 0 Å². The Morgan fingerprint density at radius 3 is 2.43 bits per heavy atom. The van der Waals surface area contributed by atoms with Crippen molar-refractivity contribution in [1.29, 1.82) is 0 Å². The molecule has 2 heteroatoms. The molecule has 0 heterocycles. The topological polar surface area (TPSA) is 21.3 Å². The number of rotatable bonds is 10. The molecule has 0 amide bonds. The third-order valence-electron chi connectivity index (χ3n) is 2.33. The Balaban J connectivity index is 3.02. The van der Waals surface area contributed by atoms with Crippen LogP contribution in [0.1, 0.15) is 52.9 Å². The fraction of sp³-hybridized carbons (Fsp3) is 1.00. The Hall–Kier alpha value is -0.0800. The third kappa shape index (κ3) is 10.0. The van der Waals surface area contributed by atoms with Crippen LogP contribution in [0.2, 0.25) is 0 Å². The monoisotopic (exact) mass is 201 g/mol. The third-order valence-corrected chi connectivity index (χ3v) is 2.33. The molecule has 14 heavy (non-hydrogen) atoms. The zero-order valence-corrected chi connectivity index (χ0v) is 10.1. The van der Waals surface area contributed by atoms with E-state index >= 15 is 0 Å². The van der Waals surface area contributed by atoms with Gasteiger partial charge in [-0.15, -0.1) is 0 Å². The average molecular weight is 201 g/mol. The fourth-order valence-corrected chi connectivity index (χ4v) is 1.40. The van der Waals surface area contributed by atoms with Crippen LogP contribution in [0.4, 0.5) is 0 Å². The molecule has 86 valence electrons. The van der Waals surface area contributed by atoms with Gasteiger partial charge in [-0.3, -0.25) is 0 Å². The molecule has 0 aromatic carbocycles. The van der Waals surface area contributed by atoms with Crippen LogP contribution < -0.4 is 5.32 Å². The van der Waals surface area contributed by atoms with E-state index < -0.39 is 0 Å². The van der Waals surface area contributed by atoms with Gasteiger partial charge in [0.25, 0.3) is 0 Å². The van der Waals surface area contributed by atoms with Crippen molar-refractivity contribution in [3.8, 4) is 0 Å². The minimum absolute atomic E-state index is 0.362. The fourth-order valence-electron chi connectivity index (χ4n) is 1.40. The summed E-state index contributed by atoms with van der Waals surface area (Å²) in [6, 6.07) is 0. The van der Waals surface area contributed by atoms with Crippen molar-refractivity contribution < 1.29 is 4.74 Å². The lowest BCUT2D eigenvalue weighted by atomic mass is 10.2. The first-order valence-corrected chi connectivity index (χ1v) is 6.13. The average Bonchev–Trinajstić information content (AvgIpc) is 2.20. The summed E-state index contributed by atoms with van der Waals surface area (Å²) in [5.41, 5.74) is 0. The number of unbranched alkanes of at least 4 members (excludes halogenated alkanes) is 4. The van der Waals surface area contributed by atoms with Gasteiger partial charge in [-0.05, 0) is 19.9 Å². The summed E-state index contributed by atoms with van der Waals surface area (Å²) >= 11 is 0. The summed E-state index contributed by atoms with van der Waals surface area (Å²) in [7, 11) is 0. The number of ether oxygens (including phenoxy) is 1. The predicted molar refractivity (Wildman–Crippen MR) is 62.7 cm³/mol. The smallest absolute Gasteiger partial charge is 0.0671 e. The molecular formula is C12H27NO. The molecule has 0 aromatic heterocycles. The van der Waals surface area contributed by atoms with Crippen molar-refractivity contribution in [2.75, 3.05) is 19.7 Å². The summed E-state index contributed by atoms with van der Waals surface area (Å²) in [5.74, 6) is 0. The van der Waals surface area contributed by atoms with Crippen LogP contribution in [-0.2, 0) is 4.74 Å². The van der Waals surface area contributed by atoms with E-state index in [4.69, 9.17) is 4.74 Å². The first-order chi connectivity index (χ1) is 6.81. The standard InChI is InChI=1S/C12H27NO/c1-4-6-7-8-9-10-14-12(3)11-13-5-2/h12-13H,4-11H2,1-3H3. The summed E-state index contributed by atoms with van der Waals surface area (Å²) in [6.45, 7) is 9.44. The number of hydrogen-bond donors (Lipinski definition) is 1. The summed E-state index contributed by atoms with van der Waals surface area (Å²) < 4.78 is 5.66. The normalized spacial score (nSPS) is 13.1. The largest absolute Gasteiger partial charge is 0.377 e. The minimum atomic E-state index is 0.362. The second kappa shape index (κ2) is 11.0. The van der Waals surface area contributed by atoms with Crippen LogP contribution in [0.5, 0.6) is 0 Å². The Kier molecular flexibility index (Phi) is 10.9. The van der Waals surface area contributed by atoms with E-state index in [2.05, 4.69) is 26.1 Å². The van der Waals surface area contributed by atoms with Gasteiger partial charge < -0.3 is 10.1 Å². The van der Waals surface area contributed by atoms with E-state index in [1.807, 2.05) is 0 Å². The molecule has 1 N–H and O–H groups in total. The zero-order chi connectivity index (χ0) is 10.6. The molecule has 0 spiro atoms. The molecule has 0 aromatic rings. The van der Waals surface area contributed by atoms with Crippen molar-refractivity contribution in [2.45, 2.75) is 59.0 Å². The van der Waals surface area contributed by atoms with E-state index in [0.717, 1.165) is 19.7 Å². The molecule has 0 aliphatic rings. The first kappa shape index (κ1) is 13.9. The molecule has 0 bridgehead atoms. The van der Waals surface area contributed by atoms with Gasteiger partial charge in [0.1, 0.15) is 0 Å². The van der Waals surface area contributed by atoms with Gasteiger partial charge in [-0.25, -0.2) is 0 Å². The molecule has 0 saturated carbocycles. The van der Waals surface area contributed by atoms with E-state index in [0.29, 0.717) is 6.10 Å². The van der Waals surface area contributed by atoms with Gasteiger partial charge in [0.05, 0.1) is 6.10 Å². The SMILES string of the molecule is CCCCCCCOC(C)CNCC. The van der Waals surface area contributed by atoms with Crippen molar-refractivity contribution in [1.82, 2.24) is 5.32 Å². The van der Waals surface area contributed by atoms with Crippen molar-refractivity contribution >= 4 is 0 Å². The molecule has 0 fully saturated rings. The van der Waals surface area contributed by atoms with Gasteiger partial charge >= 0.3 is 0 Å². The molecule has 0 radical (unpaired) electrons. The van der Waals surface area contributed by atoms with Gasteiger partial charge in [-0.2, -0.15) is 0 Å². The maximum atomic E-state index is 5.66. The van der Waals surface area contributed by atoms with Crippen LogP contribution in [-0.4, -0.2) is 25.8 Å². The first-order valence-electron chi connectivity index (χ1n) is 6.13. The Labute approximate surface area is 89.4 Å². The highest BCUT2D eigenvalue weighted by Gasteiger charge is 1.99. The van der Waals surface area contributed by atoms with Crippen LogP contribution in [0.3, 0.4) is 0 Å². The molecule has 1 unspecified atom stereocenters. The predicted octanol–water partition coefficient (Wildman–Crippen LogP) is 2.97. The minimum Gasteiger partial charge on any atom is -0.377 e. The lowest BCUT2D eigenvalue weighted by molar-refractivity contribution is 0.0634. The summed E-state index contributed by atoms with van der Waals surface area (Å²) in [6.07, 6.45) is 6.95. The molecule has 0 aliphatic carbocycles. The van der Waals surface area contributed by atoms with Crippen LogP contribution in [0.25, 0.3) is 0 Å². The molecular weight excluding hydrogens is 174 g/mol. The zero-order valence-electron chi connectivity index (χ0n) is 10.1. The number of nitrogens with one attached hydrogen (secondary N) is 1. The molecule has 1 atom stereocenters. The molecule has 0 rings (SSSR count). The van der Waals surface area contributed by atoms with Crippen LogP contribution in [0.15, 0.2) is 0 Å². The second-order valence-electron chi connectivity index (χ2n) is 3.90. The highest BCUT2D eigenvalue weighted by Crippen LogP contribution is 2.03. The van der Waals surface area contributed by atoms with E-state index in [9.17, 15) is 0 Å². The Morgan fingerprint density at radius 2 is 1.79 bits per heavy atom. The van der Waals surface area contributed by atoms with Gasteiger partial charge in [0.15, 0.2) is 0 Å². The van der Waals surface area contributed by atoms with Crippen molar-refractivity contribution in [3.05, 3.63) is 0 Å². The lowest BCUT2D eigenvalue weighted by Crippen LogP contribution is -2.26. The number of likely N-dealkylation sites (N-methyl/N-ethyl adjacent to an activating group) is 1. The van der Waals surface area contributed by atoms with Crippen LogP contribution >= 0.6 is 0 Å². The van der Waals surface area contributed by atoms with Crippen molar-refractivity contribution in [2.24, 2.45) is 0 Å². The Morgan fingerprint density at radius 1 is 1.07 bits per heavy atom. The highest BCUT2D eigenvalue weighted by molar-refractivity contribution is 4.53. The van der Waals surface area contributed by atoms with Gasteiger partial charge in [-0.1, -0.05) is 39.5 Å². The quantitative estimate of drug-likeness (QED) is 0.549. The highest BCUT2D eigenvalue weighted by atomic mass is 16.5. The second-order valence-corrected chi connectivity index (χ2v) is 3.90. The summed E-state index contributed by atoms with van der Waals surface area (Å²) in [5, 5.41) is 3.28. The molecule has 0 saturated heterocycles. The lowest BCUT2D eigenvalue weighted by Gasteiger charge is -2.12. The van der Waals surface area contributed by atoms with E-state index in [-0.39, 0.29) is 0 Å². The van der Waals surface area contributed by atoms with Crippen LogP contribution in [0, 0.1) is 0 Å². The van der Waals surface area contributed by atoms with Gasteiger partial charge in [0, 0.05) is 13.2 Å².